The van der Waals surface area contributed by atoms with E-state index >= 15 is 0 Å². The minimum atomic E-state index is -4.26. The summed E-state index contributed by atoms with van der Waals surface area (Å²) in [7, 11) is -2.55. The Kier molecular flexibility index (Phi) is 7.56. The number of hydrogen-bond donors (Lipinski definition) is 0. The molecule has 0 aromatic heterocycles. The number of anilines is 1. The second kappa shape index (κ2) is 9.49. The average molecular weight is 408 g/mol. The van der Waals surface area contributed by atoms with Gasteiger partial charge in [-0.15, -0.1) is 0 Å². The quantitative estimate of drug-likeness (QED) is 0.264. The first-order valence-corrected chi connectivity index (χ1v) is 9.73. The van der Waals surface area contributed by atoms with Crippen molar-refractivity contribution in [2.75, 3.05) is 24.2 Å². The molecule has 9 heteroatoms. The van der Waals surface area contributed by atoms with Crippen LogP contribution in [0.1, 0.15) is 11.1 Å². The molecule has 140 valence electrons. The van der Waals surface area contributed by atoms with Crippen LogP contribution in [0.4, 0.5) is 5.69 Å². The third-order valence-corrected chi connectivity index (χ3v) is 4.75. The van der Waals surface area contributed by atoms with E-state index in [0.717, 1.165) is 16.8 Å². The molecule has 7 nitrogen and oxygen atoms in total. The van der Waals surface area contributed by atoms with Crippen molar-refractivity contribution in [1.82, 2.24) is 0 Å². The van der Waals surface area contributed by atoms with Crippen LogP contribution in [0.3, 0.4) is 0 Å². The van der Waals surface area contributed by atoms with Gasteiger partial charge in [0.05, 0.1) is 21.4 Å². The molecule has 0 radical (unpaired) electrons. The van der Waals surface area contributed by atoms with Crippen LogP contribution in [0.2, 0.25) is 0 Å². The normalized spacial score (nSPS) is 15.0. The maximum absolute atomic E-state index is 12.0. The molecule has 1 aliphatic heterocycles. The molecule has 0 unspecified atom stereocenters. The van der Waals surface area contributed by atoms with Crippen LogP contribution in [0.25, 0.3) is 6.08 Å². The number of nitrogens with zero attached hydrogens (tertiary/aromatic N) is 2. The van der Waals surface area contributed by atoms with E-state index < -0.39 is 21.8 Å². The Labute approximate surface area is 185 Å². The van der Waals surface area contributed by atoms with Crippen molar-refractivity contribution >= 4 is 33.6 Å². The fourth-order valence-corrected chi connectivity index (χ4v) is 3.08. The molecule has 1 aliphatic rings. The molecule has 0 saturated carbocycles. The minimum Gasteiger partial charge on any atom is -0.748 e. The summed E-state index contributed by atoms with van der Waals surface area (Å²) in [5.74, 6) is -0.978. The molecular formula is C19H17N2NaO5S. The van der Waals surface area contributed by atoms with Gasteiger partial charge in [-0.3, -0.25) is 0 Å². The SMILES string of the molecule is CN(CCS(=O)(=O)[O-])c1ccc(/C=C2\C(=O)ON=C2c2ccccc2)cc1.[Na+]. The van der Waals surface area contributed by atoms with Crippen molar-refractivity contribution in [1.29, 1.82) is 0 Å². The van der Waals surface area contributed by atoms with Gasteiger partial charge in [-0.2, -0.15) is 0 Å². The van der Waals surface area contributed by atoms with Crippen LogP contribution >= 0.6 is 0 Å². The van der Waals surface area contributed by atoms with E-state index in [9.17, 15) is 17.8 Å². The molecule has 0 atom stereocenters. The van der Waals surface area contributed by atoms with Gasteiger partial charge in [0.1, 0.15) is 5.71 Å². The van der Waals surface area contributed by atoms with Crippen LogP contribution in [-0.4, -0.2) is 44.0 Å². The van der Waals surface area contributed by atoms with E-state index in [1.165, 1.54) is 0 Å². The topological polar surface area (TPSA) is 99.1 Å². The zero-order chi connectivity index (χ0) is 19.4. The molecule has 0 spiro atoms. The average Bonchev–Trinajstić information content (AvgIpc) is 3.01. The number of carbonyl (C=O) groups excluding carboxylic acids is 1. The van der Waals surface area contributed by atoms with Crippen LogP contribution in [0, 0.1) is 0 Å². The number of oxime groups is 1. The number of hydrogen-bond acceptors (Lipinski definition) is 7. The van der Waals surface area contributed by atoms with Gasteiger partial charge in [0.25, 0.3) is 0 Å². The second-order valence-corrected chi connectivity index (χ2v) is 7.54. The van der Waals surface area contributed by atoms with Crippen molar-refractivity contribution in [3.05, 3.63) is 71.3 Å². The van der Waals surface area contributed by atoms with Gasteiger partial charge < -0.3 is 14.3 Å². The van der Waals surface area contributed by atoms with Crippen molar-refractivity contribution in [2.24, 2.45) is 5.16 Å². The fraction of sp³-hybridized carbons (Fsp3) is 0.158. The van der Waals surface area contributed by atoms with Gasteiger partial charge in [0.15, 0.2) is 0 Å². The molecule has 3 rings (SSSR count). The second-order valence-electron chi connectivity index (χ2n) is 6.02. The van der Waals surface area contributed by atoms with Crippen molar-refractivity contribution in [3.63, 3.8) is 0 Å². The molecule has 0 N–H and O–H groups in total. The maximum atomic E-state index is 12.0. The van der Waals surface area contributed by atoms with Crippen LogP contribution < -0.4 is 34.5 Å². The number of rotatable bonds is 6. The van der Waals surface area contributed by atoms with E-state index in [-0.39, 0.29) is 36.1 Å². The molecule has 0 fully saturated rings. The Morgan fingerprint density at radius 2 is 1.75 bits per heavy atom. The summed E-state index contributed by atoms with van der Waals surface area (Å²) in [6.45, 7) is 0.101. The van der Waals surface area contributed by atoms with Crippen molar-refractivity contribution < 1.29 is 52.2 Å². The number of benzene rings is 2. The Balaban J connectivity index is 0.00000280. The van der Waals surface area contributed by atoms with Crippen LogP contribution in [0.15, 0.2) is 65.3 Å². The summed E-state index contributed by atoms with van der Waals surface area (Å²) in [4.78, 5) is 18.5. The third-order valence-electron chi connectivity index (χ3n) is 4.06. The zero-order valence-electron chi connectivity index (χ0n) is 15.5. The predicted octanol–water partition coefficient (Wildman–Crippen LogP) is -0.983. The third kappa shape index (κ3) is 5.76. The molecule has 0 amide bonds. The smallest absolute Gasteiger partial charge is 0.748 e. The fourth-order valence-electron chi connectivity index (χ4n) is 2.58. The molecule has 0 saturated heterocycles. The van der Waals surface area contributed by atoms with E-state index in [0.29, 0.717) is 11.3 Å². The van der Waals surface area contributed by atoms with Crippen LogP contribution in [0.5, 0.6) is 0 Å². The van der Waals surface area contributed by atoms with Crippen molar-refractivity contribution in [2.45, 2.75) is 0 Å². The largest absolute Gasteiger partial charge is 1.00 e. The Morgan fingerprint density at radius 3 is 2.36 bits per heavy atom. The van der Waals surface area contributed by atoms with Gasteiger partial charge in [0, 0.05) is 24.8 Å². The Bertz CT molecular complexity index is 1000. The molecule has 2 aromatic carbocycles. The van der Waals surface area contributed by atoms with E-state index in [1.54, 1.807) is 42.3 Å². The molecule has 0 aliphatic carbocycles. The Morgan fingerprint density at radius 1 is 1.11 bits per heavy atom. The minimum absolute atomic E-state index is 0. The summed E-state index contributed by atoms with van der Waals surface area (Å²) >= 11 is 0. The zero-order valence-corrected chi connectivity index (χ0v) is 18.3. The van der Waals surface area contributed by atoms with E-state index in [4.69, 9.17) is 4.84 Å². The molecule has 0 bridgehead atoms. The summed E-state index contributed by atoms with van der Waals surface area (Å²) in [5.41, 5.74) is 3.14. The van der Waals surface area contributed by atoms with E-state index in [1.807, 2.05) is 30.3 Å². The monoisotopic (exact) mass is 408 g/mol. The maximum Gasteiger partial charge on any atom is 1.00 e. The van der Waals surface area contributed by atoms with E-state index in [2.05, 4.69) is 5.16 Å². The van der Waals surface area contributed by atoms with Gasteiger partial charge >= 0.3 is 35.5 Å². The summed E-state index contributed by atoms with van der Waals surface area (Å²) in [6, 6.07) is 16.4. The molecule has 1 heterocycles. The molecule has 28 heavy (non-hydrogen) atoms. The van der Waals surface area contributed by atoms with Crippen molar-refractivity contribution in [3.8, 4) is 0 Å². The first-order chi connectivity index (χ1) is 12.8. The summed E-state index contributed by atoms with van der Waals surface area (Å²) in [6.07, 6.45) is 1.69. The molecular weight excluding hydrogens is 391 g/mol. The summed E-state index contributed by atoms with van der Waals surface area (Å²) in [5, 5.41) is 3.86. The van der Waals surface area contributed by atoms with Gasteiger partial charge in [-0.05, 0) is 23.8 Å². The van der Waals surface area contributed by atoms with Gasteiger partial charge in [-0.25, -0.2) is 13.2 Å². The van der Waals surface area contributed by atoms with Gasteiger partial charge in [-0.1, -0.05) is 47.6 Å². The summed E-state index contributed by atoms with van der Waals surface area (Å²) < 4.78 is 32.2. The molecule has 2 aromatic rings. The first-order valence-electron chi connectivity index (χ1n) is 8.15. The van der Waals surface area contributed by atoms with Crippen LogP contribution in [-0.2, 0) is 19.8 Å². The van der Waals surface area contributed by atoms with Gasteiger partial charge in [0.2, 0.25) is 0 Å². The standard InChI is InChI=1S/C19H18N2O5S.Na/c1-21(11-12-27(23,24)25)16-9-7-14(8-10-16)13-17-18(20-26-19(17)22)15-5-3-2-4-6-15;/h2-10,13H,11-12H2,1H3,(H,23,24,25);/q;+1/p-1/b17-13-;. The Hall–Kier alpha value is -1.97. The predicted molar refractivity (Wildman–Crippen MR) is 101 cm³/mol. The first kappa shape index (κ1) is 22.3. The number of carbonyl (C=O) groups is 1.